The van der Waals surface area contributed by atoms with Gasteiger partial charge >= 0.3 is 11.8 Å². The molecule has 5 nitrogen and oxygen atoms in total. The molecule has 22 heavy (non-hydrogen) atoms. The smallest absolute Gasteiger partial charge is 0.309 e. The number of ketones is 1. The standard InChI is InChI=1S/C15H16N2O3S2/c1-10(18)13-5-4-11(22-13)6-7-16-14(19)15(20)17-9-12-3-2-8-21-12/h2-5,8H,6-7,9H2,1H3,(H,16,19)(H,17,20). The third-order valence-electron chi connectivity index (χ3n) is 2.88. The summed E-state index contributed by atoms with van der Waals surface area (Å²) in [7, 11) is 0. The third kappa shape index (κ3) is 4.78. The number of hydrogen-bond donors (Lipinski definition) is 2. The van der Waals surface area contributed by atoms with Crippen molar-refractivity contribution in [3.05, 3.63) is 44.3 Å². The molecule has 2 amide bonds. The molecule has 116 valence electrons. The van der Waals surface area contributed by atoms with E-state index in [9.17, 15) is 14.4 Å². The summed E-state index contributed by atoms with van der Waals surface area (Å²) in [5, 5.41) is 7.06. The van der Waals surface area contributed by atoms with E-state index < -0.39 is 11.8 Å². The third-order valence-corrected chi connectivity index (χ3v) is 5.00. The summed E-state index contributed by atoms with van der Waals surface area (Å²) in [4.78, 5) is 37.1. The summed E-state index contributed by atoms with van der Waals surface area (Å²) in [6, 6.07) is 7.43. The van der Waals surface area contributed by atoms with E-state index in [1.54, 1.807) is 6.07 Å². The molecule has 2 aromatic heterocycles. The van der Waals surface area contributed by atoms with E-state index in [4.69, 9.17) is 0 Å². The molecule has 0 fully saturated rings. The lowest BCUT2D eigenvalue weighted by molar-refractivity contribution is -0.139. The molecule has 0 saturated heterocycles. The first-order valence-electron chi connectivity index (χ1n) is 6.74. The predicted molar refractivity (Wildman–Crippen MR) is 87.2 cm³/mol. The lowest BCUT2D eigenvalue weighted by Gasteiger charge is -2.05. The Morgan fingerprint density at radius 3 is 2.45 bits per heavy atom. The zero-order valence-corrected chi connectivity index (χ0v) is 13.7. The number of amides is 2. The molecule has 0 atom stereocenters. The highest BCUT2D eigenvalue weighted by molar-refractivity contribution is 7.14. The Morgan fingerprint density at radius 1 is 1.05 bits per heavy atom. The van der Waals surface area contributed by atoms with Crippen molar-refractivity contribution in [1.82, 2.24) is 10.6 Å². The molecule has 2 N–H and O–H groups in total. The molecule has 0 bridgehead atoms. The molecular weight excluding hydrogens is 320 g/mol. The van der Waals surface area contributed by atoms with Gasteiger partial charge in [0.1, 0.15) is 0 Å². The van der Waals surface area contributed by atoms with Gasteiger partial charge in [0.2, 0.25) is 0 Å². The number of hydrogen-bond acceptors (Lipinski definition) is 5. The Balaban J connectivity index is 1.70. The minimum atomic E-state index is -0.639. The average Bonchev–Trinajstić information content (AvgIpc) is 3.16. The molecule has 0 aromatic carbocycles. The summed E-state index contributed by atoms with van der Waals surface area (Å²) < 4.78 is 0. The maximum atomic E-state index is 11.6. The fraction of sp³-hybridized carbons (Fsp3) is 0.267. The van der Waals surface area contributed by atoms with Crippen LogP contribution in [0.4, 0.5) is 0 Å². The highest BCUT2D eigenvalue weighted by atomic mass is 32.1. The van der Waals surface area contributed by atoms with E-state index in [2.05, 4.69) is 10.6 Å². The van der Waals surface area contributed by atoms with Crippen LogP contribution in [-0.4, -0.2) is 24.1 Å². The van der Waals surface area contributed by atoms with Crippen LogP contribution in [0.25, 0.3) is 0 Å². The van der Waals surface area contributed by atoms with Crippen molar-refractivity contribution in [2.45, 2.75) is 19.9 Å². The summed E-state index contributed by atoms with van der Waals surface area (Å²) in [5.74, 6) is -1.24. The van der Waals surface area contributed by atoms with Gasteiger partial charge in [-0.25, -0.2) is 0 Å². The monoisotopic (exact) mass is 336 g/mol. The molecule has 7 heteroatoms. The number of thiophene rings is 2. The Hall–Kier alpha value is -1.99. The van der Waals surface area contributed by atoms with Gasteiger partial charge in [0, 0.05) is 16.3 Å². The van der Waals surface area contributed by atoms with Crippen molar-refractivity contribution in [2.75, 3.05) is 6.54 Å². The Labute approximate surface area is 136 Å². The highest BCUT2D eigenvalue weighted by Gasteiger charge is 2.12. The summed E-state index contributed by atoms with van der Waals surface area (Å²) in [6.45, 7) is 2.25. The second-order valence-electron chi connectivity index (χ2n) is 4.59. The first-order valence-corrected chi connectivity index (χ1v) is 8.44. The van der Waals surface area contributed by atoms with Crippen molar-refractivity contribution in [3.8, 4) is 0 Å². The minimum absolute atomic E-state index is 0.0354. The van der Waals surface area contributed by atoms with Crippen molar-refractivity contribution < 1.29 is 14.4 Å². The van der Waals surface area contributed by atoms with Gasteiger partial charge in [-0.3, -0.25) is 14.4 Å². The van der Waals surface area contributed by atoms with Gasteiger partial charge in [0.25, 0.3) is 0 Å². The van der Waals surface area contributed by atoms with E-state index in [-0.39, 0.29) is 5.78 Å². The molecule has 0 saturated carbocycles. The van der Waals surface area contributed by atoms with Crippen LogP contribution in [0.2, 0.25) is 0 Å². The number of Topliss-reactive ketones (excluding diaryl/α,β-unsaturated/α-hetero) is 1. The van der Waals surface area contributed by atoms with Crippen molar-refractivity contribution in [1.29, 1.82) is 0 Å². The van der Waals surface area contributed by atoms with Crippen molar-refractivity contribution >= 4 is 40.3 Å². The lowest BCUT2D eigenvalue weighted by Crippen LogP contribution is -2.40. The Kier molecular flexibility index (Phi) is 5.85. The maximum absolute atomic E-state index is 11.6. The molecule has 2 heterocycles. The second-order valence-corrected chi connectivity index (χ2v) is 6.79. The molecule has 0 aliphatic carbocycles. The fourth-order valence-electron chi connectivity index (χ4n) is 1.74. The van der Waals surface area contributed by atoms with E-state index >= 15 is 0 Å². The van der Waals surface area contributed by atoms with Crippen LogP contribution in [0, 0.1) is 0 Å². The summed E-state index contributed by atoms with van der Waals surface area (Å²) >= 11 is 2.93. The van der Waals surface area contributed by atoms with Gasteiger partial charge in [-0.15, -0.1) is 22.7 Å². The number of nitrogens with one attached hydrogen (secondary N) is 2. The first-order chi connectivity index (χ1) is 10.6. The molecule has 2 aromatic rings. The van der Waals surface area contributed by atoms with Crippen LogP contribution in [0.15, 0.2) is 29.6 Å². The average molecular weight is 336 g/mol. The normalized spacial score (nSPS) is 10.2. The number of carbonyl (C=O) groups is 3. The first kappa shape index (κ1) is 16.4. The van der Waals surface area contributed by atoms with Crippen molar-refractivity contribution in [2.24, 2.45) is 0 Å². The van der Waals surface area contributed by atoms with Gasteiger partial charge in [-0.1, -0.05) is 6.07 Å². The maximum Gasteiger partial charge on any atom is 0.309 e. The lowest BCUT2D eigenvalue weighted by atomic mass is 10.3. The molecule has 0 unspecified atom stereocenters. The zero-order valence-electron chi connectivity index (χ0n) is 12.0. The van der Waals surface area contributed by atoms with Gasteiger partial charge in [0.05, 0.1) is 11.4 Å². The molecule has 0 spiro atoms. The van der Waals surface area contributed by atoms with Crippen LogP contribution >= 0.6 is 22.7 Å². The minimum Gasteiger partial charge on any atom is -0.347 e. The summed E-state index contributed by atoms with van der Waals surface area (Å²) in [6.07, 6.45) is 0.599. The van der Waals surface area contributed by atoms with Crippen LogP contribution in [-0.2, 0) is 22.6 Å². The quantitative estimate of drug-likeness (QED) is 0.626. The van der Waals surface area contributed by atoms with Crippen LogP contribution in [0.3, 0.4) is 0 Å². The van der Waals surface area contributed by atoms with Gasteiger partial charge in [-0.05, 0) is 36.9 Å². The van der Waals surface area contributed by atoms with Crippen molar-refractivity contribution in [3.63, 3.8) is 0 Å². The van der Waals surface area contributed by atoms with E-state index in [1.807, 2.05) is 23.6 Å². The van der Waals surface area contributed by atoms with E-state index in [1.165, 1.54) is 29.6 Å². The van der Waals surface area contributed by atoms with E-state index in [0.29, 0.717) is 24.4 Å². The second kappa shape index (κ2) is 7.86. The van der Waals surface area contributed by atoms with Crippen LogP contribution < -0.4 is 10.6 Å². The SMILES string of the molecule is CC(=O)c1ccc(CCNC(=O)C(=O)NCc2cccs2)s1. The largest absolute Gasteiger partial charge is 0.347 e. The molecule has 2 rings (SSSR count). The number of carbonyl (C=O) groups excluding carboxylic acids is 3. The number of rotatable bonds is 6. The molecule has 0 radical (unpaired) electrons. The predicted octanol–water partition coefficient (Wildman–Crippen LogP) is 1.99. The molecule has 0 aliphatic heterocycles. The summed E-state index contributed by atoms with van der Waals surface area (Å²) in [5.41, 5.74) is 0. The van der Waals surface area contributed by atoms with Gasteiger partial charge in [0.15, 0.2) is 5.78 Å². The van der Waals surface area contributed by atoms with Gasteiger partial charge in [-0.2, -0.15) is 0 Å². The van der Waals surface area contributed by atoms with Crippen LogP contribution in [0.1, 0.15) is 26.3 Å². The molecular formula is C15H16N2O3S2. The zero-order chi connectivity index (χ0) is 15.9. The van der Waals surface area contributed by atoms with E-state index in [0.717, 1.165) is 9.75 Å². The Morgan fingerprint density at radius 2 is 1.82 bits per heavy atom. The topological polar surface area (TPSA) is 75.3 Å². The van der Waals surface area contributed by atoms with Gasteiger partial charge < -0.3 is 10.6 Å². The molecule has 0 aliphatic rings. The Bertz CT molecular complexity index is 662. The van der Waals surface area contributed by atoms with Crippen LogP contribution in [0.5, 0.6) is 0 Å². The fourth-order valence-corrected chi connectivity index (χ4v) is 3.29. The highest BCUT2D eigenvalue weighted by Crippen LogP contribution is 2.17.